The highest BCUT2D eigenvalue weighted by molar-refractivity contribution is 5.98. The van der Waals surface area contributed by atoms with Crippen LogP contribution in [-0.2, 0) is 73.5 Å². The number of halogens is 15. The number of aliphatic hydroxyl groups excluding tert-OH is 2. The Kier molecular flexibility index (Phi) is 46.2. The van der Waals surface area contributed by atoms with E-state index in [1.165, 1.54) is 13.8 Å². The molecule has 0 spiro atoms. The van der Waals surface area contributed by atoms with Gasteiger partial charge in [0.15, 0.2) is 0 Å². The van der Waals surface area contributed by atoms with Crippen molar-refractivity contribution in [3.05, 3.63) is 35.9 Å². The molecular formula is C53H79F15N14O21. The van der Waals surface area contributed by atoms with Crippen molar-refractivity contribution in [2.24, 2.45) is 34.6 Å². The van der Waals surface area contributed by atoms with Crippen molar-refractivity contribution in [3.63, 3.8) is 0 Å². The fraction of sp³-hybridized carbons (Fsp3) is 0.623. The standard InChI is InChI=1S/C43H74N14O11.5C2HF3O2/c1-22(2)20-31-40(65)52-26(10-15-44)35(60)51-29(13-18-47)39(64)57-34(24(4)59)43(68)49-19-14-30(53-36(61)28(12-17-46)54-42(67)33(48)23(3)58)38(63)50-27(11-16-45)37(62)56-32(41(66)55-31)21-25-8-6-5-7-9-25;5*3-2(4,5)1(6)7/h5-9,22-24,26-34,58-59H,10-21,44-48H2,1-4H3,(H,49,68)(H,50,63)(H,51,60)(H,52,65)(H,53,61)(H,54,67)(H,55,66)(H,56,62)(H,57,64);5*(H,6,7)/t23-,24-,26?,27+,28+,29+,30?,31+,32-,33+,34+;;;;;/m1...../s1. The zero-order valence-electron chi connectivity index (χ0n) is 54.2. The number of hydrogen-bond acceptors (Lipinski definition) is 21. The van der Waals surface area contributed by atoms with Crippen LogP contribution in [0.1, 0.15) is 71.8 Å². The smallest absolute Gasteiger partial charge is 0.475 e. The van der Waals surface area contributed by atoms with Crippen LogP contribution in [0.3, 0.4) is 0 Å². The molecule has 103 heavy (non-hydrogen) atoms. The summed E-state index contributed by atoms with van der Waals surface area (Å²) in [5.74, 6) is -21.9. The number of aliphatic carboxylic acids is 5. The number of carboxylic acids is 5. The zero-order valence-corrected chi connectivity index (χ0v) is 54.2. The molecule has 11 atom stereocenters. The van der Waals surface area contributed by atoms with Crippen molar-refractivity contribution < 1.29 is 169 Å². The van der Waals surface area contributed by atoms with Crippen molar-refractivity contribution in [1.82, 2.24) is 47.9 Å². The van der Waals surface area contributed by atoms with Gasteiger partial charge >= 0.3 is 60.7 Å². The van der Waals surface area contributed by atoms with Crippen molar-refractivity contribution in [2.75, 3.05) is 32.7 Å². The maximum atomic E-state index is 14.2. The van der Waals surface area contributed by atoms with Crippen LogP contribution in [0.2, 0.25) is 0 Å². The topological polar surface area (TPSA) is 619 Å². The van der Waals surface area contributed by atoms with Crippen molar-refractivity contribution >= 4 is 83.0 Å². The van der Waals surface area contributed by atoms with E-state index in [0.717, 1.165) is 0 Å². The minimum absolute atomic E-state index is 0.0731. The SMILES string of the molecule is CC(C)C[C@@H]1NC(=O)[C@@H](Cc2ccccc2)NC(=O)[C@H](CCN)NC(=O)C(NC(=O)[C@H](CCN)NC(=O)[C@@H](N)[C@@H](C)O)CCNC(=O)[C@H]([C@@H](C)O)NC(=O)[C@H](CCN)NC(=O)C(CCN)NC1=O.O=C(O)C(F)(F)F.O=C(O)C(F)(F)F.O=C(O)C(F)(F)F.O=C(O)C(F)(F)F.O=C(O)C(F)(F)F. The lowest BCUT2D eigenvalue weighted by atomic mass is 10.00. The number of aliphatic hydroxyl groups is 2. The van der Waals surface area contributed by atoms with Crippen LogP contribution in [0.4, 0.5) is 65.9 Å². The molecule has 592 valence electrons. The number of alkyl halides is 15. The molecule has 50 heteroatoms. The summed E-state index contributed by atoms with van der Waals surface area (Å²) < 4.78 is 159. The second kappa shape index (κ2) is 47.6. The molecule has 1 aromatic rings. The summed E-state index contributed by atoms with van der Waals surface area (Å²) in [6.45, 7) is 5.20. The lowest BCUT2D eigenvalue weighted by Crippen LogP contribution is -2.61. The molecule has 1 fully saturated rings. The van der Waals surface area contributed by atoms with Gasteiger partial charge in [0.05, 0.1) is 12.2 Å². The van der Waals surface area contributed by atoms with E-state index in [1.54, 1.807) is 44.2 Å². The van der Waals surface area contributed by atoms with E-state index in [4.69, 9.17) is 78.2 Å². The van der Waals surface area contributed by atoms with Crippen LogP contribution in [0.25, 0.3) is 0 Å². The molecule has 0 aliphatic carbocycles. The average molecular weight is 1530 g/mol. The predicted octanol–water partition coefficient (Wildman–Crippen LogP) is -3.68. The molecule has 2 rings (SSSR count). The molecular weight excluding hydrogens is 1450 g/mol. The van der Waals surface area contributed by atoms with Crippen LogP contribution in [0.5, 0.6) is 0 Å². The van der Waals surface area contributed by atoms with Gasteiger partial charge in [-0.1, -0.05) is 44.2 Å². The van der Waals surface area contributed by atoms with Crippen molar-refractivity contribution in [1.29, 1.82) is 0 Å². The highest BCUT2D eigenvalue weighted by atomic mass is 19.4. The first-order valence-electron chi connectivity index (χ1n) is 29.1. The summed E-state index contributed by atoms with van der Waals surface area (Å²) in [6, 6.07) is -4.14. The van der Waals surface area contributed by atoms with Gasteiger partial charge in [0.2, 0.25) is 53.2 Å². The maximum Gasteiger partial charge on any atom is 0.490 e. The number of carbonyl (C=O) groups is 14. The van der Waals surface area contributed by atoms with Crippen LogP contribution in [-0.4, -0.2) is 249 Å². The maximum absolute atomic E-state index is 14.2. The fourth-order valence-electron chi connectivity index (χ4n) is 7.00. The number of rotatable bonds is 18. The third kappa shape index (κ3) is 44.5. The summed E-state index contributed by atoms with van der Waals surface area (Å²) in [7, 11) is 0. The van der Waals surface area contributed by atoms with Crippen molar-refractivity contribution in [2.45, 2.75) is 170 Å². The Balaban J connectivity index is -0.00000113. The third-order valence-electron chi connectivity index (χ3n) is 12.1. The Labute approximate surface area is 572 Å². The Hall–Kier alpha value is -9.53. The van der Waals surface area contributed by atoms with Gasteiger partial charge in [-0.05, 0) is 90.0 Å². The zero-order chi connectivity index (χ0) is 81.5. The molecule has 0 bridgehead atoms. The lowest BCUT2D eigenvalue weighted by molar-refractivity contribution is -0.193. The second-order valence-corrected chi connectivity index (χ2v) is 21.1. The van der Waals surface area contributed by atoms with Gasteiger partial charge in [0, 0.05) is 13.0 Å². The number of amides is 9. The minimum Gasteiger partial charge on any atom is -0.475 e. The molecule has 35 nitrogen and oxygen atoms in total. The summed E-state index contributed by atoms with van der Waals surface area (Å²) in [5, 5.41) is 79.0. The van der Waals surface area contributed by atoms with Gasteiger partial charge in [-0.15, -0.1) is 0 Å². The van der Waals surface area contributed by atoms with Gasteiger partial charge in [0.25, 0.3) is 0 Å². The molecule has 1 aliphatic rings. The summed E-state index contributed by atoms with van der Waals surface area (Å²) in [5.41, 5.74) is 29.6. The van der Waals surface area contributed by atoms with Crippen LogP contribution in [0, 0.1) is 5.92 Å². The Morgan fingerprint density at radius 3 is 1.12 bits per heavy atom. The van der Waals surface area contributed by atoms with E-state index < -0.39 is 187 Å². The molecule has 1 aliphatic heterocycles. The first-order valence-corrected chi connectivity index (χ1v) is 29.1. The largest absolute Gasteiger partial charge is 0.490 e. The van der Waals surface area contributed by atoms with Gasteiger partial charge in [0.1, 0.15) is 54.4 Å². The molecule has 0 radical (unpaired) electrons. The highest BCUT2D eigenvalue weighted by Gasteiger charge is 2.42. The molecule has 2 unspecified atom stereocenters. The van der Waals surface area contributed by atoms with Gasteiger partial charge in [-0.25, -0.2) is 24.0 Å². The Morgan fingerprint density at radius 2 is 0.796 bits per heavy atom. The predicted molar refractivity (Wildman–Crippen MR) is 317 cm³/mol. The molecule has 1 aromatic carbocycles. The van der Waals surface area contributed by atoms with Gasteiger partial charge in [-0.3, -0.25) is 43.2 Å². The third-order valence-corrected chi connectivity index (χ3v) is 12.1. The lowest BCUT2D eigenvalue weighted by Gasteiger charge is -2.28. The first-order chi connectivity index (χ1) is 46.9. The van der Waals surface area contributed by atoms with Gasteiger partial charge in [-0.2, -0.15) is 65.9 Å². The average Bonchev–Trinajstić information content (AvgIpc) is 1.12. The minimum atomic E-state index is -5.08. The van der Waals surface area contributed by atoms with E-state index in [-0.39, 0.29) is 77.0 Å². The molecule has 1 heterocycles. The monoisotopic (exact) mass is 1530 g/mol. The molecule has 9 amide bonds. The number of nitrogens with one attached hydrogen (secondary N) is 9. The van der Waals surface area contributed by atoms with E-state index in [9.17, 15) is 119 Å². The number of benzene rings is 1. The number of carboxylic acid groups (broad SMARTS) is 5. The summed E-state index contributed by atoms with van der Waals surface area (Å²) >= 11 is 0. The molecule has 26 N–H and O–H groups in total. The summed E-state index contributed by atoms with van der Waals surface area (Å²) in [4.78, 5) is 169. The quantitative estimate of drug-likeness (QED) is 0.0630. The van der Waals surface area contributed by atoms with Crippen LogP contribution < -0.4 is 76.5 Å². The molecule has 0 saturated carbocycles. The Bertz CT molecular complexity index is 2780. The number of nitrogens with two attached hydrogens (primary N) is 5. The summed E-state index contributed by atoms with van der Waals surface area (Å²) in [6.07, 6.45) is -29.2. The second-order valence-electron chi connectivity index (χ2n) is 21.1. The van der Waals surface area contributed by atoms with Crippen LogP contribution in [0.15, 0.2) is 30.3 Å². The normalized spacial score (nSPS) is 20.3. The van der Waals surface area contributed by atoms with E-state index in [2.05, 4.69) is 47.9 Å². The molecule has 0 aromatic heterocycles. The number of hydrogen-bond donors (Lipinski definition) is 21. The van der Waals surface area contributed by atoms with E-state index >= 15 is 0 Å². The molecule has 1 saturated heterocycles. The van der Waals surface area contributed by atoms with E-state index in [0.29, 0.717) is 5.56 Å². The first kappa shape index (κ1) is 99.8. The van der Waals surface area contributed by atoms with Crippen molar-refractivity contribution in [3.8, 4) is 0 Å². The van der Waals surface area contributed by atoms with E-state index in [1.807, 2.05) is 0 Å². The fourth-order valence-corrected chi connectivity index (χ4v) is 7.00. The highest BCUT2D eigenvalue weighted by Crippen LogP contribution is 2.17. The van der Waals surface area contributed by atoms with Gasteiger partial charge < -0.3 is 112 Å². The Morgan fingerprint density at radius 1 is 0.476 bits per heavy atom. The number of carbonyl (C=O) groups excluding carboxylic acids is 9. The van der Waals surface area contributed by atoms with Crippen LogP contribution >= 0.6 is 0 Å².